The van der Waals surface area contributed by atoms with Gasteiger partial charge >= 0.3 is 5.97 Å². The van der Waals surface area contributed by atoms with E-state index in [2.05, 4.69) is 0 Å². The fourth-order valence-corrected chi connectivity index (χ4v) is 4.97. The van der Waals surface area contributed by atoms with Gasteiger partial charge in [0.05, 0.1) is 28.3 Å². The van der Waals surface area contributed by atoms with Crippen LogP contribution in [0.25, 0.3) is 0 Å². The van der Waals surface area contributed by atoms with Crippen LogP contribution in [-0.4, -0.2) is 28.0 Å². The van der Waals surface area contributed by atoms with Gasteiger partial charge in [-0.05, 0) is 67.4 Å². The van der Waals surface area contributed by atoms with Crippen molar-refractivity contribution in [1.82, 2.24) is 0 Å². The molecule has 0 heterocycles. The molecule has 0 aliphatic carbocycles. The fourth-order valence-electron chi connectivity index (χ4n) is 3.30. The van der Waals surface area contributed by atoms with Gasteiger partial charge in [-0.25, -0.2) is 17.6 Å². The van der Waals surface area contributed by atoms with Crippen LogP contribution in [-0.2, 0) is 21.2 Å². The first kappa shape index (κ1) is 24.5. The highest BCUT2D eigenvalue weighted by atomic mass is 35.5. The van der Waals surface area contributed by atoms with Crippen LogP contribution >= 0.6 is 11.6 Å². The summed E-state index contributed by atoms with van der Waals surface area (Å²) < 4.78 is 51.8. The molecule has 0 saturated carbocycles. The minimum atomic E-state index is -3.95. The summed E-state index contributed by atoms with van der Waals surface area (Å²) in [5.41, 5.74) is 1.34. The summed E-state index contributed by atoms with van der Waals surface area (Å²) in [4.78, 5) is 12.1. The number of ether oxygens (including phenoxy) is 2. The maximum absolute atomic E-state index is 13.4. The molecule has 0 fully saturated rings. The standard InChI is InChI=1S/C24H23ClFNO5S/c1-4-16-6-12-20(15-21(16)24(28)31-3)33(29,30)27(5-2)17-7-9-18(10-8-17)32-19-11-13-23(26)22(25)14-19/h6-15H,4-5H2,1-3H3. The predicted octanol–water partition coefficient (Wildman–Crippen LogP) is 5.84. The Balaban J connectivity index is 1.90. The topological polar surface area (TPSA) is 72.9 Å². The van der Waals surface area contributed by atoms with Crippen LogP contribution in [0.4, 0.5) is 10.1 Å². The Morgan fingerprint density at radius 2 is 1.67 bits per heavy atom. The van der Waals surface area contributed by atoms with Gasteiger partial charge in [0, 0.05) is 12.6 Å². The van der Waals surface area contributed by atoms with Gasteiger partial charge in [-0.2, -0.15) is 0 Å². The van der Waals surface area contributed by atoms with E-state index in [1.165, 1.54) is 41.7 Å². The van der Waals surface area contributed by atoms with Crippen molar-refractivity contribution in [2.45, 2.75) is 25.2 Å². The number of rotatable bonds is 8. The summed E-state index contributed by atoms with van der Waals surface area (Å²) in [5.74, 6) is -0.365. The van der Waals surface area contributed by atoms with Gasteiger partial charge in [0.2, 0.25) is 0 Å². The summed E-state index contributed by atoms with van der Waals surface area (Å²) in [7, 11) is -2.70. The lowest BCUT2D eigenvalue weighted by Crippen LogP contribution is -2.31. The Bertz CT molecular complexity index is 1260. The number of esters is 1. The van der Waals surface area contributed by atoms with E-state index in [0.29, 0.717) is 29.2 Å². The van der Waals surface area contributed by atoms with Crippen LogP contribution in [0.2, 0.25) is 5.02 Å². The molecule has 9 heteroatoms. The maximum Gasteiger partial charge on any atom is 0.338 e. The van der Waals surface area contributed by atoms with Crippen molar-refractivity contribution in [3.63, 3.8) is 0 Å². The molecule has 3 rings (SSSR count). The van der Waals surface area contributed by atoms with Gasteiger partial charge < -0.3 is 9.47 Å². The molecule has 0 atom stereocenters. The molecule has 3 aromatic rings. The average Bonchev–Trinajstić information content (AvgIpc) is 2.81. The van der Waals surface area contributed by atoms with Crippen molar-refractivity contribution in [2.24, 2.45) is 0 Å². The lowest BCUT2D eigenvalue weighted by molar-refractivity contribution is 0.0599. The summed E-state index contributed by atoms with van der Waals surface area (Å²) in [6.07, 6.45) is 0.559. The zero-order valence-corrected chi connectivity index (χ0v) is 19.9. The van der Waals surface area contributed by atoms with Gasteiger partial charge in [0.1, 0.15) is 17.3 Å². The lowest BCUT2D eigenvalue weighted by atomic mass is 10.1. The highest BCUT2D eigenvalue weighted by Crippen LogP contribution is 2.30. The van der Waals surface area contributed by atoms with E-state index >= 15 is 0 Å². The van der Waals surface area contributed by atoms with Crippen LogP contribution in [0.3, 0.4) is 0 Å². The molecule has 0 bridgehead atoms. The van der Waals surface area contributed by atoms with Crippen molar-refractivity contribution in [1.29, 1.82) is 0 Å². The number of benzene rings is 3. The molecule has 3 aromatic carbocycles. The number of hydrogen-bond donors (Lipinski definition) is 0. The molecule has 0 unspecified atom stereocenters. The van der Waals surface area contributed by atoms with Crippen LogP contribution in [0.1, 0.15) is 29.8 Å². The maximum atomic E-state index is 13.4. The van der Waals surface area contributed by atoms with Crippen molar-refractivity contribution in [2.75, 3.05) is 18.0 Å². The predicted molar refractivity (Wildman–Crippen MR) is 125 cm³/mol. The van der Waals surface area contributed by atoms with E-state index in [9.17, 15) is 17.6 Å². The molecule has 0 aliphatic rings. The van der Waals surface area contributed by atoms with Gasteiger partial charge in [-0.1, -0.05) is 24.6 Å². The molecule has 33 heavy (non-hydrogen) atoms. The second-order valence-electron chi connectivity index (χ2n) is 7.01. The number of carbonyl (C=O) groups excluding carboxylic acids is 1. The van der Waals surface area contributed by atoms with Gasteiger partial charge in [0.15, 0.2) is 0 Å². The average molecular weight is 492 g/mol. The summed E-state index contributed by atoms with van der Waals surface area (Å²) in [6.45, 7) is 3.75. The van der Waals surface area contributed by atoms with Crippen molar-refractivity contribution < 1.29 is 27.1 Å². The molecule has 0 aromatic heterocycles. The third-order valence-electron chi connectivity index (χ3n) is 4.99. The smallest absolute Gasteiger partial charge is 0.338 e. The van der Waals surface area contributed by atoms with E-state index in [1.54, 1.807) is 37.3 Å². The molecule has 0 saturated heterocycles. The summed E-state index contributed by atoms with van der Waals surface area (Å²) in [6, 6.07) is 14.9. The van der Waals surface area contributed by atoms with E-state index in [-0.39, 0.29) is 22.0 Å². The van der Waals surface area contributed by atoms with Crippen molar-refractivity contribution in [3.8, 4) is 11.5 Å². The number of sulfonamides is 1. The second-order valence-corrected chi connectivity index (χ2v) is 9.28. The quantitative estimate of drug-likeness (QED) is 0.370. The number of hydrogen-bond acceptors (Lipinski definition) is 5. The number of aryl methyl sites for hydroxylation is 1. The number of methoxy groups -OCH3 is 1. The molecule has 0 spiro atoms. The highest BCUT2D eigenvalue weighted by Gasteiger charge is 2.26. The first-order chi connectivity index (χ1) is 15.7. The van der Waals surface area contributed by atoms with Crippen LogP contribution in [0.5, 0.6) is 11.5 Å². The molecule has 0 aliphatic heterocycles. The van der Waals surface area contributed by atoms with Gasteiger partial charge in [-0.15, -0.1) is 0 Å². The zero-order chi connectivity index (χ0) is 24.2. The molecule has 0 N–H and O–H groups in total. The van der Waals surface area contributed by atoms with Gasteiger partial charge in [-0.3, -0.25) is 4.31 Å². The van der Waals surface area contributed by atoms with Crippen LogP contribution in [0, 0.1) is 5.82 Å². The number of anilines is 1. The molecule has 0 amide bonds. The molecular formula is C24H23ClFNO5S. The highest BCUT2D eigenvalue weighted by molar-refractivity contribution is 7.92. The Labute approximate surface area is 197 Å². The van der Waals surface area contributed by atoms with Crippen LogP contribution < -0.4 is 9.04 Å². The van der Waals surface area contributed by atoms with E-state index in [4.69, 9.17) is 21.1 Å². The first-order valence-corrected chi connectivity index (χ1v) is 12.0. The molecule has 6 nitrogen and oxygen atoms in total. The Kier molecular flexibility index (Phi) is 7.61. The largest absolute Gasteiger partial charge is 0.465 e. The third kappa shape index (κ3) is 5.29. The SMILES string of the molecule is CCc1ccc(S(=O)(=O)N(CC)c2ccc(Oc3ccc(F)c(Cl)c3)cc2)cc1C(=O)OC. The second kappa shape index (κ2) is 10.2. The number of nitrogens with zero attached hydrogens (tertiary/aromatic N) is 1. The number of halogens is 2. The molecule has 174 valence electrons. The lowest BCUT2D eigenvalue weighted by Gasteiger charge is -2.23. The minimum Gasteiger partial charge on any atom is -0.465 e. The third-order valence-corrected chi connectivity index (χ3v) is 7.18. The van der Waals surface area contributed by atoms with E-state index in [1.807, 2.05) is 6.92 Å². The minimum absolute atomic E-state index is 0.0109. The Morgan fingerprint density at radius 3 is 2.24 bits per heavy atom. The first-order valence-electron chi connectivity index (χ1n) is 10.2. The monoisotopic (exact) mass is 491 g/mol. The van der Waals surface area contributed by atoms with E-state index in [0.717, 1.165) is 0 Å². The summed E-state index contributed by atoms with van der Waals surface area (Å²) >= 11 is 5.78. The van der Waals surface area contributed by atoms with Crippen molar-refractivity contribution >= 4 is 33.3 Å². The van der Waals surface area contributed by atoms with Gasteiger partial charge in [0.25, 0.3) is 10.0 Å². The number of carbonyl (C=O) groups is 1. The molecule has 0 radical (unpaired) electrons. The fraction of sp³-hybridized carbons (Fsp3) is 0.208. The van der Waals surface area contributed by atoms with Crippen molar-refractivity contribution in [3.05, 3.63) is 82.6 Å². The van der Waals surface area contributed by atoms with E-state index < -0.39 is 21.8 Å². The Morgan fingerprint density at radius 1 is 1.00 bits per heavy atom. The molecular weight excluding hydrogens is 469 g/mol. The normalized spacial score (nSPS) is 11.2. The summed E-state index contributed by atoms with van der Waals surface area (Å²) in [5, 5.41) is -0.0622. The Hall–Kier alpha value is -3.10. The van der Waals surface area contributed by atoms with Crippen LogP contribution in [0.15, 0.2) is 65.6 Å². The zero-order valence-electron chi connectivity index (χ0n) is 18.3.